The minimum absolute atomic E-state index is 0.0487. The lowest BCUT2D eigenvalue weighted by Gasteiger charge is -2.10. The number of Topliss-reactive ketones (excluding diaryl/α,β-unsaturated/α-hetero) is 2. The molecule has 0 amide bonds. The third-order valence-corrected chi connectivity index (χ3v) is 10.6. The molecule has 0 N–H and O–H groups in total. The topological polar surface area (TPSA) is 81.9 Å². The van der Waals surface area contributed by atoms with Crippen molar-refractivity contribution in [2.24, 2.45) is 0 Å². The fourth-order valence-corrected chi connectivity index (χ4v) is 7.86. The van der Waals surface area contributed by atoms with Gasteiger partial charge in [0.2, 0.25) is 5.78 Å². The lowest BCUT2D eigenvalue weighted by atomic mass is 10.1. The molecule has 5 rings (SSSR count). The molecule has 0 radical (unpaired) electrons. The predicted molar refractivity (Wildman–Crippen MR) is 142 cm³/mol. The summed E-state index contributed by atoms with van der Waals surface area (Å²) in [7, 11) is -5.61. The van der Waals surface area contributed by atoms with E-state index in [9.17, 15) is 44.3 Å². The summed E-state index contributed by atoms with van der Waals surface area (Å²) in [6.07, 6.45) is 0. The minimum atomic E-state index is -4.04. The quantitative estimate of drug-likeness (QED) is 0.158. The molecule has 16 heteroatoms. The number of ether oxygens (including phenoxy) is 1. The molecule has 0 aliphatic carbocycles. The van der Waals surface area contributed by atoms with Crippen LogP contribution in [0.5, 0.6) is 11.5 Å². The average Bonchev–Trinajstić information content (AvgIpc) is 3.18. The molecule has 3 aromatic carbocycles. The number of hydrogen-bond donors (Lipinski definition) is 0. The largest absolute Gasteiger partial charge is 0.458 e. The smallest absolute Gasteiger partial charge is 0.387 e. The number of ketones is 2. The van der Waals surface area contributed by atoms with Crippen LogP contribution in [0.4, 0.5) is 32.0 Å². The van der Waals surface area contributed by atoms with Crippen molar-refractivity contribution in [3.05, 3.63) is 83.8 Å². The Hall–Kier alpha value is -2.37. The second-order valence-electron chi connectivity index (χ2n) is 7.57. The van der Waals surface area contributed by atoms with Gasteiger partial charge in [-0.3, -0.25) is 9.59 Å². The molecule has 39 heavy (non-hydrogen) atoms. The summed E-state index contributed by atoms with van der Waals surface area (Å²) in [4.78, 5) is 25.4. The number of benzene rings is 3. The molecule has 2 aliphatic rings. The van der Waals surface area contributed by atoms with Gasteiger partial charge in [0.25, 0.3) is 5.78 Å². The predicted octanol–water partition coefficient (Wildman–Crippen LogP) is 7.00. The van der Waals surface area contributed by atoms with E-state index in [1.54, 1.807) is 45.2 Å². The molecule has 2 aliphatic heterocycles. The molecule has 6 nitrogen and oxygen atoms in total. The van der Waals surface area contributed by atoms with Crippen LogP contribution in [0.1, 0.15) is 20.7 Å². The van der Waals surface area contributed by atoms with Gasteiger partial charge in [-0.2, -0.15) is 17.6 Å². The molecule has 0 fully saturated rings. The molecule has 202 valence electrons. The third kappa shape index (κ3) is 5.02. The number of carbonyl (C=O) groups is 2. The second-order valence-corrected chi connectivity index (χ2v) is 12.8. The Morgan fingerprint density at radius 3 is 1.85 bits per heavy atom. The SMILES string of the molecule is O=C1c2c(F)ccc(I)c2S(=O)C1(F)F.[C-]#[N+]c1cc(F)cc(Oc2ccc(I)c3c2C(=O)C(F)(F)S3=O)c1. The molecule has 0 saturated carbocycles. The summed E-state index contributed by atoms with van der Waals surface area (Å²) in [5, 5.41) is -8.05. The zero-order chi connectivity index (χ0) is 29.0. The van der Waals surface area contributed by atoms with E-state index in [0.717, 1.165) is 18.2 Å². The van der Waals surface area contributed by atoms with Gasteiger partial charge < -0.3 is 4.74 Å². The Balaban J connectivity index is 0.000000202. The average molecular weight is 809 g/mol. The third-order valence-electron chi connectivity index (χ3n) is 5.16. The van der Waals surface area contributed by atoms with Crippen molar-refractivity contribution in [1.29, 1.82) is 0 Å². The van der Waals surface area contributed by atoms with E-state index in [-0.39, 0.29) is 29.2 Å². The Morgan fingerprint density at radius 2 is 1.31 bits per heavy atom. The van der Waals surface area contributed by atoms with Crippen LogP contribution in [0.15, 0.2) is 52.3 Å². The van der Waals surface area contributed by atoms with Crippen LogP contribution in [0.3, 0.4) is 0 Å². The Kier molecular flexibility index (Phi) is 8.01. The number of alkyl halides is 4. The van der Waals surface area contributed by atoms with Crippen molar-refractivity contribution in [2.75, 3.05) is 0 Å². The number of rotatable bonds is 2. The van der Waals surface area contributed by atoms with Gasteiger partial charge in [-0.15, -0.1) is 0 Å². The van der Waals surface area contributed by atoms with Gasteiger partial charge in [0.05, 0.1) is 27.5 Å². The Labute approximate surface area is 247 Å². The van der Waals surface area contributed by atoms with Crippen LogP contribution < -0.4 is 4.74 Å². The van der Waals surface area contributed by atoms with Crippen molar-refractivity contribution in [1.82, 2.24) is 0 Å². The molecule has 2 heterocycles. The van der Waals surface area contributed by atoms with E-state index >= 15 is 0 Å². The van der Waals surface area contributed by atoms with Crippen molar-refractivity contribution < 1.29 is 49.1 Å². The maximum Gasteiger partial charge on any atom is 0.387 e. The van der Waals surface area contributed by atoms with E-state index in [2.05, 4.69) is 4.85 Å². The lowest BCUT2D eigenvalue weighted by molar-refractivity contribution is 0.0561. The van der Waals surface area contributed by atoms with Gasteiger partial charge in [-0.05, 0) is 81.6 Å². The van der Waals surface area contributed by atoms with Crippen molar-refractivity contribution in [3.8, 4) is 11.5 Å². The van der Waals surface area contributed by atoms with E-state index < -0.39 is 71.3 Å². The fraction of sp³-hybridized carbons (Fsp3) is 0.0870. The molecule has 0 spiro atoms. The normalized spacial score (nSPS) is 20.0. The van der Waals surface area contributed by atoms with Crippen LogP contribution in [0.25, 0.3) is 4.85 Å². The molecule has 2 atom stereocenters. The van der Waals surface area contributed by atoms with Crippen molar-refractivity contribution >= 4 is 84.0 Å². The van der Waals surface area contributed by atoms with E-state index in [1.807, 2.05) is 0 Å². The molecule has 0 aromatic heterocycles. The molecule has 3 aromatic rings. The molecular weight excluding hydrogens is 802 g/mol. The standard InChI is InChI=1S/C15H5F3INO3S.C8H2F3IO2S/c1-20-8-4-7(16)5-9(6-8)23-11-3-2-10(19)13-12(11)14(21)15(17,18)24(13)22;9-3-1-2-4(12)6-5(3)7(13)8(10,11)15(6)14/h2-6H;1-2H. The van der Waals surface area contributed by atoms with Crippen LogP contribution in [0.2, 0.25) is 0 Å². The Bertz CT molecular complexity index is 1650. The summed E-state index contributed by atoms with van der Waals surface area (Å²) in [5.41, 5.74) is -1.28. The maximum absolute atomic E-state index is 13.8. The highest BCUT2D eigenvalue weighted by atomic mass is 127. The van der Waals surface area contributed by atoms with Crippen LogP contribution in [0, 0.1) is 25.3 Å². The monoisotopic (exact) mass is 809 g/mol. The van der Waals surface area contributed by atoms with Gasteiger partial charge in [-0.25, -0.2) is 22.0 Å². The first-order valence-electron chi connectivity index (χ1n) is 9.98. The van der Waals surface area contributed by atoms with Crippen LogP contribution >= 0.6 is 45.2 Å². The van der Waals surface area contributed by atoms with Crippen molar-refractivity contribution in [3.63, 3.8) is 0 Å². The van der Waals surface area contributed by atoms with Crippen LogP contribution in [-0.4, -0.2) is 30.5 Å². The molecule has 0 bridgehead atoms. The molecule has 2 unspecified atom stereocenters. The minimum Gasteiger partial charge on any atom is -0.458 e. The Morgan fingerprint density at radius 1 is 0.795 bits per heavy atom. The van der Waals surface area contributed by atoms with E-state index in [4.69, 9.17) is 11.3 Å². The zero-order valence-corrected chi connectivity index (χ0v) is 24.3. The summed E-state index contributed by atoms with van der Waals surface area (Å²) < 4.78 is 109. The molecular formula is C23H7F6I2NO5S2. The van der Waals surface area contributed by atoms with Gasteiger partial charge in [0.1, 0.15) is 44.7 Å². The zero-order valence-electron chi connectivity index (χ0n) is 18.4. The summed E-state index contributed by atoms with van der Waals surface area (Å²) >= 11 is 3.34. The fourth-order valence-electron chi connectivity index (χ4n) is 3.46. The maximum atomic E-state index is 13.8. The number of carbonyl (C=O) groups excluding carboxylic acids is 2. The van der Waals surface area contributed by atoms with Crippen LogP contribution in [-0.2, 0) is 21.6 Å². The lowest BCUT2D eigenvalue weighted by Crippen LogP contribution is -2.26. The number of fused-ring (bicyclic) bond motifs is 2. The highest BCUT2D eigenvalue weighted by Crippen LogP contribution is 2.46. The van der Waals surface area contributed by atoms with Gasteiger partial charge in [-0.1, -0.05) is 0 Å². The summed E-state index contributed by atoms with van der Waals surface area (Å²) in [6.45, 7) is 6.89. The highest BCUT2D eigenvalue weighted by molar-refractivity contribution is 14.1. The first kappa shape index (κ1) is 29.6. The van der Waals surface area contributed by atoms with Gasteiger partial charge in [0, 0.05) is 13.2 Å². The highest BCUT2D eigenvalue weighted by Gasteiger charge is 2.57. The summed E-state index contributed by atoms with van der Waals surface area (Å²) in [5.74, 6) is -5.50. The first-order chi connectivity index (χ1) is 18.1. The number of hydrogen-bond acceptors (Lipinski definition) is 5. The second kappa shape index (κ2) is 10.6. The number of nitrogens with zero attached hydrogens (tertiary/aromatic N) is 1. The molecule has 0 saturated heterocycles. The number of halogens is 8. The van der Waals surface area contributed by atoms with Gasteiger partial charge in [0.15, 0.2) is 5.69 Å². The first-order valence-corrected chi connectivity index (χ1v) is 14.4. The van der Waals surface area contributed by atoms with Gasteiger partial charge >= 0.3 is 10.5 Å². The van der Waals surface area contributed by atoms with E-state index in [1.165, 1.54) is 24.3 Å². The summed E-state index contributed by atoms with van der Waals surface area (Å²) in [6, 6.07) is 7.89. The van der Waals surface area contributed by atoms with E-state index in [0.29, 0.717) is 0 Å². The van der Waals surface area contributed by atoms with Crippen molar-refractivity contribution in [2.45, 2.75) is 20.3 Å².